The first-order valence-corrected chi connectivity index (χ1v) is 8.74. The number of benzene rings is 2. The molecule has 0 saturated carbocycles. The molecule has 3 N–H and O–H groups in total. The monoisotopic (exact) mass is 361 g/mol. The van der Waals surface area contributed by atoms with Crippen LogP contribution in [0.15, 0.2) is 48.5 Å². The summed E-state index contributed by atoms with van der Waals surface area (Å²) in [5.74, 6) is 1.14. The summed E-state index contributed by atoms with van der Waals surface area (Å²) in [4.78, 5) is 20.1. The number of hydrogen-bond donors (Lipinski definition) is 3. The molecule has 0 spiro atoms. The highest BCUT2D eigenvalue weighted by Crippen LogP contribution is 2.22. The van der Waals surface area contributed by atoms with Crippen LogP contribution in [0.1, 0.15) is 23.7 Å². The predicted octanol–water partition coefficient (Wildman–Crippen LogP) is 4.85. The number of carbonyl (C=O) groups excluding carboxylic acids is 1. The Morgan fingerprint density at radius 2 is 1.44 bits per heavy atom. The number of rotatable bonds is 5. The maximum Gasteiger partial charge on any atom is 0.229 e. The maximum atomic E-state index is 11.1. The van der Waals surface area contributed by atoms with Gasteiger partial charge in [-0.15, -0.1) is 0 Å². The number of hydrogen-bond acceptors (Lipinski definition) is 5. The number of aryl methyl sites for hydroxylation is 3. The molecule has 0 bridgehead atoms. The molecule has 0 fully saturated rings. The molecule has 0 unspecified atom stereocenters. The van der Waals surface area contributed by atoms with Crippen molar-refractivity contribution in [3.63, 3.8) is 0 Å². The fourth-order valence-electron chi connectivity index (χ4n) is 2.62. The lowest BCUT2D eigenvalue weighted by Crippen LogP contribution is -2.06. The molecule has 0 aliphatic heterocycles. The van der Waals surface area contributed by atoms with Gasteiger partial charge in [-0.05, 0) is 68.3 Å². The van der Waals surface area contributed by atoms with Crippen LogP contribution in [-0.2, 0) is 4.79 Å². The minimum absolute atomic E-state index is 0.0974. The van der Waals surface area contributed by atoms with E-state index in [0.717, 1.165) is 28.6 Å². The van der Waals surface area contributed by atoms with Gasteiger partial charge in [0.15, 0.2) is 0 Å². The van der Waals surface area contributed by atoms with E-state index >= 15 is 0 Å². The van der Waals surface area contributed by atoms with E-state index in [-0.39, 0.29) is 5.91 Å². The van der Waals surface area contributed by atoms with E-state index in [2.05, 4.69) is 51.9 Å². The topological polar surface area (TPSA) is 78.9 Å². The average Bonchev–Trinajstić information content (AvgIpc) is 2.59. The zero-order valence-electron chi connectivity index (χ0n) is 15.9. The molecule has 0 radical (unpaired) electrons. The van der Waals surface area contributed by atoms with Gasteiger partial charge in [-0.25, -0.2) is 4.98 Å². The van der Waals surface area contributed by atoms with Gasteiger partial charge < -0.3 is 16.0 Å². The standard InChI is InChI=1S/C21H23N5O/c1-13-5-6-19(11-14(13)2)24-20-12-15(3)22-21(26-20)25-18-9-7-17(8-10-18)23-16(4)27/h5-12H,1-4H3,(H,23,27)(H2,22,24,25,26). The van der Waals surface area contributed by atoms with Crippen LogP contribution in [-0.4, -0.2) is 15.9 Å². The van der Waals surface area contributed by atoms with Crippen LogP contribution in [0.4, 0.5) is 28.8 Å². The molecule has 2 aromatic carbocycles. The molecule has 3 aromatic rings. The fraction of sp³-hybridized carbons (Fsp3) is 0.190. The number of nitrogens with zero attached hydrogens (tertiary/aromatic N) is 2. The van der Waals surface area contributed by atoms with Crippen molar-refractivity contribution in [3.8, 4) is 0 Å². The summed E-state index contributed by atoms with van der Waals surface area (Å²) in [6, 6.07) is 15.5. The van der Waals surface area contributed by atoms with Crippen molar-refractivity contribution in [3.05, 3.63) is 65.4 Å². The summed E-state index contributed by atoms with van der Waals surface area (Å²) in [6.07, 6.45) is 0. The third-order valence-corrected chi connectivity index (χ3v) is 4.09. The second-order valence-corrected chi connectivity index (χ2v) is 6.53. The van der Waals surface area contributed by atoms with Crippen molar-refractivity contribution < 1.29 is 4.79 Å². The first-order valence-electron chi connectivity index (χ1n) is 8.74. The smallest absolute Gasteiger partial charge is 0.229 e. The van der Waals surface area contributed by atoms with Crippen molar-refractivity contribution in [2.24, 2.45) is 0 Å². The number of amides is 1. The van der Waals surface area contributed by atoms with Gasteiger partial charge >= 0.3 is 0 Å². The Labute approximate surface area is 159 Å². The summed E-state index contributed by atoms with van der Waals surface area (Å²) in [6.45, 7) is 7.59. The predicted molar refractivity (Wildman–Crippen MR) is 110 cm³/mol. The minimum atomic E-state index is -0.0974. The molecule has 1 heterocycles. The van der Waals surface area contributed by atoms with Gasteiger partial charge in [-0.3, -0.25) is 4.79 Å². The van der Waals surface area contributed by atoms with E-state index in [4.69, 9.17) is 0 Å². The van der Waals surface area contributed by atoms with E-state index in [1.807, 2.05) is 43.3 Å². The molecule has 138 valence electrons. The first-order chi connectivity index (χ1) is 12.9. The third kappa shape index (κ3) is 5.04. The summed E-state index contributed by atoms with van der Waals surface area (Å²) in [5.41, 5.74) is 5.91. The van der Waals surface area contributed by atoms with Gasteiger partial charge in [-0.1, -0.05) is 6.07 Å². The van der Waals surface area contributed by atoms with Crippen LogP contribution in [0.25, 0.3) is 0 Å². The molecule has 1 aromatic heterocycles. The minimum Gasteiger partial charge on any atom is -0.340 e. The van der Waals surface area contributed by atoms with Crippen LogP contribution in [0, 0.1) is 20.8 Å². The van der Waals surface area contributed by atoms with Gasteiger partial charge in [0, 0.05) is 35.7 Å². The van der Waals surface area contributed by atoms with Gasteiger partial charge in [0.1, 0.15) is 5.82 Å². The lowest BCUT2D eigenvalue weighted by molar-refractivity contribution is -0.114. The number of anilines is 5. The Kier molecular flexibility index (Phi) is 5.35. The van der Waals surface area contributed by atoms with E-state index in [0.29, 0.717) is 5.95 Å². The third-order valence-electron chi connectivity index (χ3n) is 4.09. The largest absolute Gasteiger partial charge is 0.340 e. The molecular weight excluding hydrogens is 338 g/mol. The molecule has 0 saturated heterocycles. The SMILES string of the molecule is CC(=O)Nc1ccc(Nc2nc(C)cc(Nc3ccc(C)c(C)c3)n2)cc1. The lowest BCUT2D eigenvalue weighted by atomic mass is 10.1. The summed E-state index contributed by atoms with van der Waals surface area (Å²) >= 11 is 0. The Bertz CT molecular complexity index is 967. The van der Waals surface area contributed by atoms with E-state index in [1.165, 1.54) is 18.1 Å². The molecule has 0 atom stereocenters. The quantitative estimate of drug-likeness (QED) is 0.605. The fourth-order valence-corrected chi connectivity index (χ4v) is 2.62. The Hall–Kier alpha value is -3.41. The van der Waals surface area contributed by atoms with Gasteiger partial charge in [-0.2, -0.15) is 4.98 Å². The first kappa shape index (κ1) is 18.4. The van der Waals surface area contributed by atoms with Gasteiger partial charge in [0.2, 0.25) is 11.9 Å². The Balaban J connectivity index is 1.76. The highest BCUT2D eigenvalue weighted by atomic mass is 16.1. The van der Waals surface area contributed by atoms with Crippen molar-refractivity contribution >= 4 is 34.7 Å². The zero-order valence-corrected chi connectivity index (χ0v) is 15.9. The number of aromatic nitrogens is 2. The summed E-state index contributed by atoms with van der Waals surface area (Å²) in [5, 5.41) is 9.27. The average molecular weight is 361 g/mol. The summed E-state index contributed by atoms with van der Waals surface area (Å²) in [7, 11) is 0. The molecular formula is C21H23N5O. The highest BCUT2D eigenvalue weighted by Gasteiger charge is 2.05. The molecule has 27 heavy (non-hydrogen) atoms. The van der Waals surface area contributed by atoms with Crippen molar-refractivity contribution in [1.82, 2.24) is 9.97 Å². The van der Waals surface area contributed by atoms with E-state index in [1.54, 1.807) is 0 Å². The number of nitrogens with one attached hydrogen (secondary N) is 3. The lowest BCUT2D eigenvalue weighted by Gasteiger charge is -2.11. The number of carbonyl (C=O) groups is 1. The normalized spacial score (nSPS) is 10.4. The molecule has 3 rings (SSSR count). The van der Waals surface area contributed by atoms with Gasteiger partial charge in [0.05, 0.1) is 0 Å². The van der Waals surface area contributed by atoms with Crippen LogP contribution in [0.3, 0.4) is 0 Å². The second-order valence-electron chi connectivity index (χ2n) is 6.53. The Morgan fingerprint density at radius 1 is 0.778 bits per heavy atom. The molecule has 1 amide bonds. The van der Waals surface area contributed by atoms with Crippen molar-refractivity contribution in [2.75, 3.05) is 16.0 Å². The van der Waals surface area contributed by atoms with Crippen LogP contribution < -0.4 is 16.0 Å². The van der Waals surface area contributed by atoms with Gasteiger partial charge in [0.25, 0.3) is 0 Å². The summed E-state index contributed by atoms with van der Waals surface area (Å²) < 4.78 is 0. The molecule has 0 aliphatic rings. The molecule has 0 aliphatic carbocycles. The second kappa shape index (κ2) is 7.86. The van der Waals surface area contributed by atoms with E-state index < -0.39 is 0 Å². The van der Waals surface area contributed by atoms with Crippen molar-refractivity contribution in [1.29, 1.82) is 0 Å². The zero-order chi connectivity index (χ0) is 19.4. The highest BCUT2D eigenvalue weighted by molar-refractivity contribution is 5.88. The Morgan fingerprint density at radius 3 is 2.11 bits per heavy atom. The van der Waals surface area contributed by atoms with Crippen LogP contribution in [0.2, 0.25) is 0 Å². The maximum absolute atomic E-state index is 11.1. The van der Waals surface area contributed by atoms with E-state index in [9.17, 15) is 4.79 Å². The van der Waals surface area contributed by atoms with Crippen LogP contribution >= 0.6 is 0 Å². The van der Waals surface area contributed by atoms with Crippen molar-refractivity contribution in [2.45, 2.75) is 27.7 Å². The van der Waals surface area contributed by atoms with Crippen LogP contribution in [0.5, 0.6) is 0 Å². The molecule has 6 heteroatoms. The molecule has 6 nitrogen and oxygen atoms in total.